The average molecular weight is 1140 g/mol. The monoisotopic (exact) mass is 1140 g/mol. The molecule has 0 aliphatic rings. The van der Waals surface area contributed by atoms with Gasteiger partial charge in [0.05, 0.1) is 0 Å². The highest BCUT2D eigenvalue weighted by molar-refractivity contribution is 5.71. The molecule has 0 aromatic carbocycles. The molecule has 1 atom stereocenters. The number of ether oxygens (including phenoxy) is 3. The zero-order valence-corrected chi connectivity index (χ0v) is 53.4. The van der Waals surface area contributed by atoms with Crippen LogP contribution in [-0.2, 0) is 28.6 Å². The molecule has 0 heterocycles. The molecule has 0 aromatic heterocycles. The first-order valence-electron chi connectivity index (χ1n) is 33.6. The van der Waals surface area contributed by atoms with Gasteiger partial charge in [0.2, 0.25) is 0 Å². The van der Waals surface area contributed by atoms with Gasteiger partial charge in [-0.25, -0.2) is 0 Å². The lowest BCUT2D eigenvalue weighted by atomic mass is 10.1. The van der Waals surface area contributed by atoms with Gasteiger partial charge in [0, 0.05) is 19.3 Å². The average Bonchev–Trinajstić information content (AvgIpc) is 3.49. The van der Waals surface area contributed by atoms with E-state index in [1.165, 1.54) is 64.2 Å². The van der Waals surface area contributed by atoms with Gasteiger partial charge in [-0.3, -0.25) is 14.4 Å². The topological polar surface area (TPSA) is 78.9 Å². The molecule has 1 unspecified atom stereocenters. The van der Waals surface area contributed by atoms with Crippen molar-refractivity contribution in [3.05, 3.63) is 170 Å². The number of rotatable bonds is 59. The van der Waals surface area contributed by atoms with Crippen LogP contribution in [0.3, 0.4) is 0 Å². The number of hydrogen-bond acceptors (Lipinski definition) is 6. The number of unbranched alkanes of at least 4 members (excludes halogenated alkanes) is 20. The van der Waals surface area contributed by atoms with E-state index in [9.17, 15) is 14.4 Å². The third kappa shape index (κ3) is 67.4. The van der Waals surface area contributed by atoms with Crippen molar-refractivity contribution in [2.24, 2.45) is 0 Å². The smallest absolute Gasteiger partial charge is 0.306 e. The standard InChI is InChI=1S/C77H122O6/c1-4-7-10-13-16-19-22-25-28-31-32-33-34-35-36-37-38-39-40-41-42-43-44-47-49-52-55-58-61-64-67-70-76(79)82-73-74(83-77(80)71-68-65-62-59-56-53-50-46-30-27-24-21-18-15-12-9-6-3)72-81-75(78)69-66-63-60-57-54-51-48-45-29-26-23-20-17-14-11-8-5-2/h7-12,16-21,25-30,32-33,35-36,38-39,41-42,44,47,74H,4-6,13-15,22-24,31,34,37,40,43,45-46,48-73H2,1-3H3/b10-7-,11-8-,12-9-,19-16-,20-17-,21-18-,28-25-,29-26-,30-27-,33-32-,36-35-,39-38-,42-41-,47-44-. The molecule has 0 amide bonds. The summed E-state index contributed by atoms with van der Waals surface area (Å²) < 4.78 is 16.9. The van der Waals surface area contributed by atoms with Gasteiger partial charge in [-0.1, -0.05) is 281 Å². The van der Waals surface area contributed by atoms with E-state index in [2.05, 4.69) is 191 Å². The van der Waals surface area contributed by atoms with Crippen LogP contribution in [-0.4, -0.2) is 37.2 Å². The fourth-order valence-electron chi connectivity index (χ4n) is 8.78. The number of esters is 3. The highest BCUT2D eigenvalue weighted by Gasteiger charge is 2.19. The second kappa shape index (κ2) is 69.3. The van der Waals surface area contributed by atoms with Crippen molar-refractivity contribution in [1.29, 1.82) is 0 Å². The fraction of sp³-hybridized carbons (Fsp3) is 0.597. The Morgan fingerprint density at radius 2 is 0.434 bits per heavy atom. The molecule has 0 spiro atoms. The molecular weight excluding hydrogens is 1020 g/mol. The molecule has 0 bridgehead atoms. The van der Waals surface area contributed by atoms with Crippen LogP contribution in [0.1, 0.15) is 278 Å². The summed E-state index contributed by atoms with van der Waals surface area (Å²) in [5.74, 6) is -0.934. The van der Waals surface area contributed by atoms with Crippen molar-refractivity contribution in [3.63, 3.8) is 0 Å². The van der Waals surface area contributed by atoms with Gasteiger partial charge in [-0.2, -0.15) is 0 Å². The third-order valence-electron chi connectivity index (χ3n) is 13.7. The third-order valence-corrected chi connectivity index (χ3v) is 13.7. The largest absolute Gasteiger partial charge is 0.462 e. The Labute approximate surface area is 511 Å². The summed E-state index contributed by atoms with van der Waals surface area (Å²) in [6.45, 7) is 6.28. The van der Waals surface area contributed by atoms with Crippen molar-refractivity contribution in [3.8, 4) is 0 Å². The second-order valence-electron chi connectivity index (χ2n) is 21.6. The predicted octanol–water partition coefficient (Wildman–Crippen LogP) is 23.4. The van der Waals surface area contributed by atoms with Crippen molar-refractivity contribution < 1.29 is 28.6 Å². The molecule has 6 heteroatoms. The zero-order chi connectivity index (χ0) is 59.9. The van der Waals surface area contributed by atoms with Crippen LogP contribution in [0.25, 0.3) is 0 Å². The lowest BCUT2D eigenvalue weighted by molar-refractivity contribution is -0.167. The first-order chi connectivity index (χ1) is 41.0. The van der Waals surface area contributed by atoms with Gasteiger partial charge in [-0.05, 0) is 148 Å². The summed E-state index contributed by atoms with van der Waals surface area (Å²) in [6.07, 6.45) is 102. The predicted molar refractivity (Wildman–Crippen MR) is 361 cm³/mol. The van der Waals surface area contributed by atoms with Crippen molar-refractivity contribution in [2.75, 3.05) is 13.2 Å². The summed E-state index contributed by atoms with van der Waals surface area (Å²) in [7, 11) is 0. The number of carbonyl (C=O) groups excluding carboxylic acids is 3. The molecule has 0 rings (SSSR count). The normalized spacial score (nSPS) is 13.2. The van der Waals surface area contributed by atoms with E-state index < -0.39 is 6.10 Å². The SMILES string of the molecule is CC/C=C\C/C=C\C/C=C\C/C=C\C/C=C\C/C=C\C/C=C\C/C=C\CCCCCCCCC(=O)OCC(COC(=O)CCCCCCCCC/C=C\C/C=C\C/C=C\CC)OC(=O)CCCCCCCCC/C=C\C/C=C\C/C=C\CC. The number of hydrogen-bond donors (Lipinski definition) is 0. The summed E-state index contributed by atoms with van der Waals surface area (Å²) >= 11 is 0. The summed E-state index contributed by atoms with van der Waals surface area (Å²) in [6, 6.07) is 0. The van der Waals surface area contributed by atoms with Gasteiger partial charge in [-0.15, -0.1) is 0 Å². The summed E-state index contributed by atoms with van der Waals surface area (Å²) in [5.41, 5.74) is 0. The Morgan fingerprint density at radius 3 is 0.675 bits per heavy atom. The van der Waals surface area contributed by atoms with Crippen LogP contribution in [0, 0.1) is 0 Å². The van der Waals surface area contributed by atoms with Crippen LogP contribution < -0.4 is 0 Å². The molecule has 0 saturated heterocycles. The van der Waals surface area contributed by atoms with Crippen LogP contribution in [0.15, 0.2) is 170 Å². The van der Waals surface area contributed by atoms with Crippen molar-refractivity contribution >= 4 is 17.9 Å². The Balaban J connectivity index is 4.41. The zero-order valence-electron chi connectivity index (χ0n) is 53.4. The summed E-state index contributed by atoms with van der Waals surface area (Å²) in [5, 5.41) is 0. The lowest BCUT2D eigenvalue weighted by Gasteiger charge is -2.18. The minimum absolute atomic E-state index is 0.0988. The lowest BCUT2D eigenvalue weighted by Crippen LogP contribution is -2.30. The molecule has 0 fully saturated rings. The quantitative estimate of drug-likeness (QED) is 0.0261. The molecule has 0 saturated carbocycles. The van der Waals surface area contributed by atoms with Gasteiger partial charge in [0.15, 0.2) is 6.10 Å². The van der Waals surface area contributed by atoms with E-state index in [1.807, 2.05) is 0 Å². The van der Waals surface area contributed by atoms with Crippen LogP contribution in [0.2, 0.25) is 0 Å². The Morgan fingerprint density at radius 1 is 0.241 bits per heavy atom. The van der Waals surface area contributed by atoms with E-state index in [4.69, 9.17) is 14.2 Å². The molecule has 0 N–H and O–H groups in total. The molecule has 6 nitrogen and oxygen atoms in total. The van der Waals surface area contributed by atoms with Crippen LogP contribution in [0.4, 0.5) is 0 Å². The minimum Gasteiger partial charge on any atom is -0.462 e. The van der Waals surface area contributed by atoms with E-state index in [1.54, 1.807) is 0 Å². The van der Waals surface area contributed by atoms with E-state index in [0.29, 0.717) is 19.3 Å². The maximum absolute atomic E-state index is 12.9. The van der Waals surface area contributed by atoms with E-state index in [0.717, 1.165) is 173 Å². The summed E-state index contributed by atoms with van der Waals surface area (Å²) in [4.78, 5) is 38.4. The minimum atomic E-state index is -0.805. The van der Waals surface area contributed by atoms with Crippen LogP contribution >= 0.6 is 0 Å². The maximum atomic E-state index is 12.9. The number of carbonyl (C=O) groups is 3. The fourth-order valence-corrected chi connectivity index (χ4v) is 8.78. The molecular formula is C77H122O6. The Hall–Kier alpha value is -5.23. The molecule has 0 radical (unpaired) electrons. The van der Waals surface area contributed by atoms with Crippen molar-refractivity contribution in [1.82, 2.24) is 0 Å². The molecule has 0 aliphatic heterocycles. The van der Waals surface area contributed by atoms with Gasteiger partial charge in [0.1, 0.15) is 13.2 Å². The van der Waals surface area contributed by atoms with Crippen molar-refractivity contribution in [2.45, 2.75) is 284 Å². The van der Waals surface area contributed by atoms with E-state index >= 15 is 0 Å². The van der Waals surface area contributed by atoms with Crippen LogP contribution in [0.5, 0.6) is 0 Å². The molecule has 0 aromatic rings. The molecule has 466 valence electrons. The Bertz CT molecular complexity index is 1890. The first-order valence-corrected chi connectivity index (χ1v) is 33.6. The highest BCUT2D eigenvalue weighted by atomic mass is 16.6. The van der Waals surface area contributed by atoms with Gasteiger partial charge in [0.25, 0.3) is 0 Å². The highest BCUT2D eigenvalue weighted by Crippen LogP contribution is 2.15. The molecule has 83 heavy (non-hydrogen) atoms. The maximum Gasteiger partial charge on any atom is 0.306 e. The molecule has 0 aliphatic carbocycles. The first kappa shape index (κ1) is 77.8. The van der Waals surface area contributed by atoms with Gasteiger partial charge < -0.3 is 14.2 Å². The number of allylic oxidation sites excluding steroid dienone is 28. The Kier molecular flexibility index (Phi) is 64.9. The van der Waals surface area contributed by atoms with Gasteiger partial charge >= 0.3 is 17.9 Å². The second-order valence-corrected chi connectivity index (χ2v) is 21.6. The van der Waals surface area contributed by atoms with E-state index in [-0.39, 0.29) is 31.1 Å².